The van der Waals surface area contributed by atoms with Gasteiger partial charge in [0.15, 0.2) is 17.3 Å². The van der Waals surface area contributed by atoms with Crippen molar-refractivity contribution in [2.45, 2.75) is 6.54 Å². The Kier molecular flexibility index (Phi) is 6.64. The highest BCUT2D eigenvalue weighted by Gasteiger charge is 2.21. The molecule has 0 saturated heterocycles. The van der Waals surface area contributed by atoms with Gasteiger partial charge in [0.1, 0.15) is 5.76 Å². The summed E-state index contributed by atoms with van der Waals surface area (Å²) in [6, 6.07) is 22.7. The zero-order chi connectivity index (χ0) is 23.2. The summed E-state index contributed by atoms with van der Waals surface area (Å²) in [6.07, 6.45) is 1.61. The topological polar surface area (TPSA) is 69.9 Å². The van der Waals surface area contributed by atoms with Gasteiger partial charge < -0.3 is 23.9 Å². The maximum atomic E-state index is 13.7. The molecule has 0 amide bonds. The molecule has 0 bridgehead atoms. The van der Waals surface area contributed by atoms with Gasteiger partial charge >= 0.3 is 0 Å². The van der Waals surface area contributed by atoms with Crippen molar-refractivity contribution in [1.29, 1.82) is 0 Å². The average molecular weight is 443 g/mol. The third-order valence-corrected chi connectivity index (χ3v) is 5.32. The lowest BCUT2D eigenvalue weighted by Crippen LogP contribution is -2.09. The highest BCUT2D eigenvalue weighted by Crippen LogP contribution is 2.39. The smallest absolute Gasteiger partial charge is 0.203 e. The van der Waals surface area contributed by atoms with Gasteiger partial charge in [-0.25, -0.2) is 0 Å². The van der Waals surface area contributed by atoms with Gasteiger partial charge in [-0.05, 0) is 48.0 Å². The highest BCUT2D eigenvalue weighted by atomic mass is 16.5. The quantitative estimate of drug-likeness (QED) is 0.329. The molecule has 0 fully saturated rings. The third-order valence-electron chi connectivity index (χ3n) is 5.32. The monoisotopic (exact) mass is 443 g/mol. The van der Waals surface area contributed by atoms with Crippen LogP contribution in [-0.2, 0) is 6.54 Å². The molecular formula is C27H25NO5. The van der Waals surface area contributed by atoms with Crippen LogP contribution in [0.4, 0.5) is 5.69 Å². The molecule has 4 rings (SSSR count). The number of furan rings is 1. The predicted molar refractivity (Wildman–Crippen MR) is 127 cm³/mol. The molecule has 0 atom stereocenters. The van der Waals surface area contributed by atoms with E-state index in [4.69, 9.17) is 18.6 Å². The minimum atomic E-state index is -0.182. The minimum absolute atomic E-state index is 0.182. The van der Waals surface area contributed by atoms with E-state index in [9.17, 15) is 4.79 Å². The lowest BCUT2D eigenvalue weighted by Gasteiger charge is -2.16. The minimum Gasteiger partial charge on any atom is -0.493 e. The fourth-order valence-corrected chi connectivity index (χ4v) is 3.64. The molecule has 1 heterocycles. The van der Waals surface area contributed by atoms with Crippen molar-refractivity contribution in [2.24, 2.45) is 0 Å². The molecule has 0 unspecified atom stereocenters. The molecule has 1 N–H and O–H groups in total. The van der Waals surface area contributed by atoms with Gasteiger partial charge in [0.2, 0.25) is 5.75 Å². The fourth-order valence-electron chi connectivity index (χ4n) is 3.64. The standard InChI is InChI=1S/C27H25NO5/c1-30-24-15-20(16-25(31-2)27(24)32-3)26(29)21-14-19(23-10-7-13-33-23)11-12-22(21)28-17-18-8-5-4-6-9-18/h4-16,28H,17H2,1-3H3. The molecule has 0 aliphatic rings. The molecule has 0 aliphatic heterocycles. The average Bonchev–Trinajstić information content (AvgIpc) is 3.41. The van der Waals surface area contributed by atoms with Gasteiger partial charge in [-0.15, -0.1) is 0 Å². The molecule has 0 spiro atoms. The number of ketones is 1. The van der Waals surface area contributed by atoms with Gasteiger partial charge in [-0.2, -0.15) is 0 Å². The second-order valence-corrected chi connectivity index (χ2v) is 7.32. The number of benzene rings is 3. The summed E-state index contributed by atoms with van der Waals surface area (Å²) < 4.78 is 21.8. The van der Waals surface area contributed by atoms with Crippen LogP contribution in [0.2, 0.25) is 0 Å². The molecule has 0 saturated carbocycles. The molecule has 4 aromatic rings. The molecule has 6 nitrogen and oxygen atoms in total. The van der Waals surface area contributed by atoms with Gasteiger partial charge in [-0.3, -0.25) is 4.79 Å². The van der Waals surface area contributed by atoms with Crippen molar-refractivity contribution in [1.82, 2.24) is 0 Å². The summed E-state index contributed by atoms with van der Waals surface area (Å²) in [4.78, 5) is 13.7. The van der Waals surface area contributed by atoms with E-state index in [-0.39, 0.29) is 5.78 Å². The Morgan fingerprint density at radius 3 is 2.18 bits per heavy atom. The van der Waals surface area contributed by atoms with Crippen LogP contribution in [0.5, 0.6) is 17.2 Å². The molecule has 0 aliphatic carbocycles. The number of rotatable bonds is 9. The molecule has 6 heteroatoms. The van der Waals surface area contributed by atoms with Crippen LogP contribution in [0.1, 0.15) is 21.5 Å². The molecular weight excluding hydrogens is 418 g/mol. The van der Waals surface area contributed by atoms with E-state index in [0.29, 0.717) is 46.4 Å². The van der Waals surface area contributed by atoms with Crippen LogP contribution in [0, 0.1) is 0 Å². The second-order valence-electron chi connectivity index (χ2n) is 7.32. The van der Waals surface area contributed by atoms with Crippen molar-refractivity contribution in [3.05, 3.63) is 95.7 Å². The summed E-state index contributed by atoms with van der Waals surface area (Å²) in [5.41, 5.74) is 3.56. The van der Waals surface area contributed by atoms with E-state index >= 15 is 0 Å². The summed E-state index contributed by atoms with van der Waals surface area (Å²) in [5.74, 6) is 1.77. The van der Waals surface area contributed by atoms with Crippen LogP contribution < -0.4 is 19.5 Å². The molecule has 1 aromatic heterocycles. The number of carbonyl (C=O) groups is 1. The van der Waals surface area contributed by atoms with Crippen LogP contribution in [-0.4, -0.2) is 27.1 Å². The van der Waals surface area contributed by atoms with E-state index < -0.39 is 0 Å². The maximum absolute atomic E-state index is 13.7. The Hall–Kier alpha value is -4.19. The lowest BCUT2D eigenvalue weighted by molar-refractivity contribution is 0.103. The van der Waals surface area contributed by atoms with Crippen LogP contribution in [0.25, 0.3) is 11.3 Å². The normalized spacial score (nSPS) is 10.5. The lowest BCUT2D eigenvalue weighted by atomic mass is 9.97. The van der Waals surface area contributed by atoms with Crippen molar-refractivity contribution in [2.75, 3.05) is 26.6 Å². The number of carbonyl (C=O) groups excluding carboxylic acids is 1. The van der Waals surface area contributed by atoms with Gasteiger partial charge in [0.25, 0.3) is 0 Å². The Bertz CT molecular complexity index is 1210. The second kappa shape index (κ2) is 9.96. The van der Waals surface area contributed by atoms with Crippen molar-refractivity contribution >= 4 is 11.5 Å². The Morgan fingerprint density at radius 1 is 0.848 bits per heavy atom. The predicted octanol–water partition coefficient (Wildman–Crippen LogP) is 5.82. The zero-order valence-corrected chi connectivity index (χ0v) is 18.8. The van der Waals surface area contributed by atoms with E-state index in [1.807, 2.05) is 60.7 Å². The van der Waals surface area contributed by atoms with Crippen molar-refractivity contribution in [3.8, 4) is 28.6 Å². The first-order chi connectivity index (χ1) is 16.1. The Morgan fingerprint density at radius 2 is 1.58 bits per heavy atom. The van der Waals surface area contributed by atoms with Crippen LogP contribution in [0.15, 0.2) is 83.5 Å². The SMILES string of the molecule is COc1cc(C(=O)c2cc(-c3ccco3)ccc2NCc2ccccc2)cc(OC)c1OC. The Balaban J connectivity index is 1.76. The highest BCUT2D eigenvalue weighted by molar-refractivity contribution is 6.13. The summed E-state index contributed by atoms with van der Waals surface area (Å²) in [5, 5.41) is 3.39. The molecule has 33 heavy (non-hydrogen) atoms. The number of methoxy groups -OCH3 is 3. The number of ether oxygens (including phenoxy) is 3. The van der Waals surface area contributed by atoms with Gasteiger partial charge in [-0.1, -0.05) is 30.3 Å². The molecule has 3 aromatic carbocycles. The van der Waals surface area contributed by atoms with Crippen molar-refractivity contribution in [3.63, 3.8) is 0 Å². The summed E-state index contributed by atoms with van der Waals surface area (Å²) >= 11 is 0. The number of nitrogens with one attached hydrogen (secondary N) is 1. The first-order valence-electron chi connectivity index (χ1n) is 10.4. The largest absolute Gasteiger partial charge is 0.493 e. The van der Waals surface area contributed by atoms with Crippen molar-refractivity contribution < 1.29 is 23.4 Å². The fraction of sp³-hybridized carbons (Fsp3) is 0.148. The first-order valence-corrected chi connectivity index (χ1v) is 10.4. The summed E-state index contributed by atoms with van der Waals surface area (Å²) in [6.45, 7) is 0.580. The number of anilines is 1. The number of hydrogen-bond acceptors (Lipinski definition) is 6. The maximum Gasteiger partial charge on any atom is 0.203 e. The van der Waals surface area contributed by atoms with E-state index in [1.165, 1.54) is 21.3 Å². The molecule has 0 radical (unpaired) electrons. The van der Waals surface area contributed by atoms with E-state index in [1.54, 1.807) is 18.4 Å². The first kappa shape index (κ1) is 22.0. The summed E-state index contributed by atoms with van der Waals surface area (Å²) in [7, 11) is 4.58. The zero-order valence-electron chi connectivity index (χ0n) is 18.8. The van der Waals surface area contributed by atoms with Crippen LogP contribution >= 0.6 is 0 Å². The van der Waals surface area contributed by atoms with Crippen LogP contribution in [0.3, 0.4) is 0 Å². The number of hydrogen-bond donors (Lipinski definition) is 1. The van der Waals surface area contributed by atoms with E-state index in [0.717, 1.165) is 11.1 Å². The molecule has 168 valence electrons. The van der Waals surface area contributed by atoms with E-state index in [2.05, 4.69) is 5.32 Å². The van der Waals surface area contributed by atoms with Gasteiger partial charge in [0.05, 0.1) is 27.6 Å². The third kappa shape index (κ3) is 4.70. The Labute approximate surface area is 192 Å². The van der Waals surface area contributed by atoms with Gasteiger partial charge in [0, 0.05) is 28.9 Å².